The maximum Gasteiger partial charge on any atom is 0.335 e. The quantitative estimate of drug-likeness (QED) is 0.164. The van der Waals surface area contributed by atoms with Crippen molar-refractivity contribution in [1.82, 2.24) is 15.0 Å². The van der Waals surface area contributed by atoms with E-state index in [0.717, 1.165) is 12.0 Å². The van der Waals surface area contributed by atoms with Crippen LogP contribution in [0.3, 0.4) is 0 Å². The van der Waals surface area contributed by atoms with E-state index < -0.39 is 48.2 Å². The Hall–Kier alpha value is -4.23. The van der Waals surface area contributed by atoms with E-state index in [1.54, 1.807) is 30.7 Å². The minimum Gasteiger partial charge on any atom is -0.508 e. The number of nitrogens with zero attached hydrogens (tertiary/aromatic N) is 3. The predicted octanol–water partition coefficient (Wildman–Crippen LogP) is 3.20. The van der Waals surface area contributed by atoms with Crippen LogP contribution in [-0.4, -0.2) is 79.7 Å². The van der Waals surface area contributed by atoms with E-state index in [1.807, 2.05) is 13.0 Å². The van der Waals surface area contributed by atoms with Crippen molar-refractivity contribution >= 4 is 71.5 Å². The molecular formula is C30H33ClN4O10S4. The highest BCUT2D eigenvalue weighted by atomic mass is 35.5. The Balaban J connectivity index is 0.000000372. The lowest BCUT2D eigenvalue weighted by molar-refractivity contribution is 0.0985. The highest BCUT2D eigenvalue weighted by molar-refractivity contribution is 7.91. The summed E-state index contributed by atoms with van der Waals surface area (Å²) in [5.41, 5.74) is 6.84. The fourth-order valence-electron chi connectivity index (χ4n) is 3.67. The zero-order valence-electron chi connectivity index (χ0n) is 26.6. The normalized spacial score (nSPS) is 11.5. The minimum atomic E-state index is -3.44. The molecule has 0 radical (unpaired) electrons. The molecule has 0 aliphatic carbocycles. The maximum atomic E-state index is 12.4. The van der Waals surface area contributed by atoms with Gasteiger partial charge in [-0.05, 0) is 72.1 Å². The van der Waals surface area contributed by atoms with Crippen LogP contribution in [0.2, 0.25) is 0 Å². The van der Waals surface area contributed by atoms with Crippen LogP contribution >= 0.6 is 11.6 Å². The first-order valence-electron chi connectivity index (χ1n) is 13.7. The van der Waals surface area contributed by atoms with Gasteiger partial charge in [0.25, 0.3) is 5.24 Å². The molecule has 1 aromatic carbocycles. The van der Waals surface area contributed by atoms with Gasteiger partial charge in [0.15, 0.2) is 27.2 Å². The number of sulfone groups is 1. The number of phenolic OH excluding ortho intramolecular Hbond substituents is 1. The molecule has 3 heterocycles. The molecule has 0 fully saturated rings. The molecule has 0 aliphatic rings. The van der Waals surface area contributed by atoms with E-state index in [-0.39, 0.29) is 45.9 Å². The lowest BCUT2D eigenvalue weighted by Gasteiger charge is -2.08. The number of phenols is 1. The summed E-state index contributed by atoms with van der Waals surface area (Å²) in [5.74, 6) is -0.277. The van der Waals surface area contributed by atoms with Gasteiger partial charge in [-0.25, -0.2) is 13.4 Å². The Bertz CT molecular complexity index is 1970. The van der Waals surface area contributed by atoms with Gasteiger partial charge in [0, 0.05) is 52.6 Å². The lowest BCUT2D eigenvalue weighted by Crippen LogP contribution is -2.10. The Morgan fingerprint density at radius 1 is 0.878 bits per heavy atom. The molecular weight excluding hydrogens is 740 g/mol. The number of carbonyl (C=O) groups is 2. The standard InChI is InChI=1S/C16H17NO3S.C8H8ClNO3S.C6H8N2O2S.O2S/c1-3-11-5-4-8-17-16(11)15(19)10-12-9-13(21(2)20)6-7-14(12)18;1-2-14(12,13)6-4-3-5-10-7(6)8(9)11;1-11(10)5-3-2-4(9)6(7)8-5;1-3-2/h4-9,18H,3,10H2,1-2H3;3-5H,2H2,1H3;2-3,9H,1H3,(H2,7,8);. The Morgan fingerprint density at radius 2 is 1.45 bits per heavy atom. The predicted molar refractivity (Wildman–Crippen MR) is 186 cm³/mol. The van der Waals surface area contributed by atoms with Gasteiger partial charge in [-0.15, -0.1) is 0 Å². The van der Waals surface area contributed by atoms with Crippen LogP contribution in [0.1, 0.15) is 46.0 Å². The number of halogens is 1. The van der Waals surface area contributed by atoms with E-state index >= 15 is 0 Å². The van der Waals surface area contributed by atoms with Crippen molar-refractivity contribution < 1.29 is 45.1 Å². The summed E-state index contributed by atoms with van der Waals surface area (Å²) in [5, 5.41) is 18.3. The third kappa shape index (κ3) is 13.7. The lowest BCUT2D eigenvalue weighted by atomic mass is 10.0. The Morgan fingerprint density at radius 3 is 1.96 bits per heavy atom. The smallest absolute Gasteiger partial charge is 0.335 e. The monoisotopic (exact) mass is 772 g/mol. The van der Waals surface area contributed by atoms with Gasteiger partial charge >= 0.3 is 11.6 Å². The van der Waals surface area contributed by atoms with Gasteiger partial charge in [0.1, 0.15) is 22.2 Å². The van der Waals surface area contributed by atoms with E-state index in [1.165, 1.54) is 49.7 Å². The number of aromatic hydroxyl groups is 2. The summed E-state index contributed by atoms with van der Waals surface area (Å²) in [6.07, 6.45) is 6.74. The highest BCUT2D eigenvalue weighted by Crippen LogP contribution is 2.23. The topological polar surface area (TPSA) is 242 Å². The first-order chi connectivity index (χ1) is 23.0. The number of Topliss-reactive ketones (excluding diaryl/α,β-unsaturated/α-hetero) is 1. The Labute approximate surface area is 296 Å². The molecule has 0 aliphatic heterocycles. The van der Waals surface area contributed by atoms with Crippen LogP contribution in [0.15, 0.2) is 81.8 Å². The number of hydrogen-bond donors (Lipinski definition) is 3. The van der Waals surface area contributed by atoms with Crippen molar-refractivity contribution in [3.8, 4) is 11.5 Å². The largest absolute Gasteiger partial charge is 0.508 e. The molecule has 0 bridgehead atoms. The number of rotatable bonds is 9. The van der Waals surface area contributed by atoms with Crippen LogP contribution in [0, 0.1) is 0 Å². The van der Waals surface area contributed by atoms with E-state index in [4.69, 9.17) is 30.9 Å². The summed E-state index contributed by atoms with van der Waals surface area (Å²) in [7, 11) is -5.74. The summed E-state index contributed by atoms with van der Waals surface area (Å²) >= 11 is 4.46. The van der Waals surface area contributed by atoms with Gasteiger partial charge in [-0.1, -0.05) is 19.9 Å². The molecule has 264 valence electrons. The molecule has 2 atom stereocenters. The zero-order chi connectivity index (χ0) is 37.3. The van der Waals surface area contributed by atoms with Gasteiger partial charge in [-0.2, -0.15) is 8.42 Å². The molecule has 0 saturated heterocycles. The van der Waals surface area contributed by atoms with Crippen molar-refractivity contribution in [1.29, 1.82) is 0 Å². The number of aryl methyl sites for hydroxylation is 1. The van der Waals surface area contributed by atoms with Gasteiger partial charge in [0.2, 0.25) is 0 Å². The highest BCUT2D eigenvalue weighted by Gasteiger charge is 2.20. The molecule has 4 N–H and O–H groups in total. The second-order valence-corrected chi connectivity index (χ2v) is 14.7. The number of aromatic nitrogens is 3. The second-order valence-electron chi connectivity index (χ2n) is 9.31. The third-order valence-corrected chi connectivity index (χ3v) is 9.79. The van der Waals surface area contributed by atoms with Crippen molar-refractivity contribution in [3.05, 3.63) is 89.5 Å². The summed E-state index contributed by atoms with van der Waals surface area (Å²) in [6, 6.07) is 14.0. The van der Waals surface area contributed by atoms with Crippen molar-refractivity contribution in [2.24, 2.45) is 0 Å². The third-order valence-electron chi connectivity index (χ3n) is 6.11. The number of nitrogen functional groups attached to an aromatic ring is 1. The first kappa shape index (κ1) is 42.8. The molecule has 4 rings (SSSR count). The number of benzene rings is 1. The molecule has 19 heteroatoms. The van der Waals surface area contributed by atoms with Crippen LogP contribution in [0.25, 0.3) is 0 Å². The maximum absolute atomic E-state index is 12.4. The molecule has 2 unspecified atom stereocenters. The van der Waals surface area contributed by atoms with E-state index in [2.05, 4.69) is 15.0 Å². The molecule has 3 aromatic heterocycles. The average Bonchev–Trinajstić information content (AvgIpc) is 3.07. The van der Waals surface area contributed by atoms with Crippen LogP contribution in [-0.2, 0) is 55.8 Å². The minimum absolute atomic E-state index is 0.0118. The number of ketones is 1. The van der Waals surface area contributed by atoms with Crippen LogP contribution in [0.5, 0.6) is 11.5 Å². The van der Waals surface area contributed by atoms with Gasteiger partial charge in [-0.3, -0.25) is 28.0 Å². The molecule has 49 heavy (non-hydrogen) atoms. The number of hydrogen-bond acceptors (Lipinski definition) is 14. The fraction of sp³-hybridized carbons (Fsp3) is 0.233. The average molecular weight is 773 g/mol. The number of nitrogens with two attached hydrogens (primary N) is 1. The summed E-state index contributed by atoms with van der Waals surface area (Å²) in [4.78, 5) is 35.2. The molecule has 0 saturated carbocycles. The Kier molecular flexibility index (Phi) is 18.3. The number of carbonyl (C=O) groups excluding carboxylic acids is 2. The fourth-order valence-corrected chi connectivity index (χ4v) is 5.97. The SMILES string of the molecule is CCS(=O)(=O)c1cccnc1C(=O)Cl.CCc1cccnc1C(=O)Cc1cc(S(C)=O)ccc1O.CS(=O)c1ccc(O)c(N)n1.O=S=O. The summed E-state index contributed by atoms with van der Waals surface area (Å²) < 4.78 is 61.9. The van der Waals surface area contributed by atoms with Crippen LogP contribution in [0.4, 0.5) is 5.82 Å². The molecule has 14 nitrogen and oxygen atoms in total. The summed E-state index contributed by atoms with van der Waals surface area (Å²) in [6.45, 7) is 3.46. The van der Waals surface area contributed by atoms with Gasteiger partial charge < -0.3 is 15.9 Å². The first-order valence-corrected chi connectivity index (χ1v) is 19.6. The van der Waals surface area contributed by atoms with E-state index in [0.29, 0.717) is 21.2 Å². The molecule has 0 amide bonds. The van der Waals surface area contributed by atoms with Crippen molar-refractivity contribution in [2.75, 3.05) is 24.0 Å². The number of pyridine rings is 3. The van der Waals surface area contributed by atoms with Crippen molar-refractivity contribution in [2.45, 2.75) is 41.5 Å². The van der Waals surface area contributed by atoms with Crippen LogP contribution < -0.4 is 5.73 Å². The second kappa shape index (κ2) is 21.0. The zero-order valence-corrected chi connectivity index (χ0v) is 30.6. The molecule has 4 aromatic rings. The van der Waals surface area contributed by atoms with E-state index in [9.17, 15) is 31.5 Å². The van der Waals surface area contributed by atoms with Gasteiger partial charge in [0.05, 0.1) is 21.4 Å². The molecule has 0 spiro atoms. The van der Waals surface area contributed by atoms with Crippen molar-refractivity contribution in [3.63, 3.8) is 0 Å². The number of anilines is 1.